The molecule has 0 aromatic carbocycles. The Morgan fingerprint density at radius 1 is 1.62 bits per heavy atom. The van der Waals surface area contributed by atoms with Gasteiger partial charge in [0.15, 0.2) is 0 Å². The number of thiazole rings is 1. The highest BCUT2D eigenvalue weighted by atomic mass is 32.1. The van der Waals surface area contributed by atoms with Gasteiger partial charge in [-0.1, -0.05) is 13.8 Å². The summed E-state index contributed by atoms with van der Waals surface area (Å²) in [6.07, 6.45) is 3.59. The van der Waals surface area contributed by atoms with Crippen molar-refractivity contribution in [1.29, 1.82) is 0 Å². The van der Waals surface area contributed by atoms with Crippen LogP contribution in [0.2, 0.25) is 0 Å². The third-order valence-corrected chi connectivity index (χ3v) is 3.82. The molecule has 0 saturated heterocycles. The second-order valence-corrected chi connectivity index (χ2v) is 4.92. The highest BCUT2D eigenvalue weighted by molar-refractivity contribution is 7.11. The van der Waals surface area contributed by atoms with Crippen LogP contribution in [0.4, 0.5) is 0 Å². The second-order valence-electron chi connectivity index (χ2n) is 3.77. The molecule has 1 heterocycles. The monoisotopic (exact) mass is 241 g/mol. The number of nitrogens with zero attached hydrogens (tertiary/aromatic N) is 1. The first-order chi connectivity index (χ1) is 7.58. The van der Waals surface area contributed by atoms with Gasteiger partial charge in [-0.15, -0.1) is 11.3 Å². The third-order valence-electron chi connectivity index (χ3n) is 2.49. The summed E-state index contributed by atoms with van der Waals surface area (Å²) in [6.45, 7) is 6.05. The van der Waals surface area contributed by atoms with E-state index >= 15 is 0 Å². The summed E-state index contributed by atoms with van der Waals surface area (Å²) >= 11 is 1.68. The van der Waals surface area contributed by atoms with E-state index in [0.717, 1.165) is 11.4 Å². The normalized spacial score (nSPS) is 14.7. The lowest BCUT2D eigenvalue weighted by Crippen LogP contribution is -2.41. The number of carbonyl (C=O) groups excluding carboxylic acids is 1. The number of aromatic nitrogens is 1. The molecule has 0 saturated carbocycles. The molecule has 1 aromatic heterocycles. The fourth-order valence-corrected chi connectivity index (χ4v) is 2.33. The highest BCUT2D eigenvalue weighted by Crippen LogP contribution is 2.20. The number of primary amides is 1. The van der Waals surface area contributed by atoms with Crippen LogP contribution in [0.5, 0.6) is 0 Å². The number of hydrogen-bond acceptors (Lipinski definition) is 4. The number of carbonyl (C=O) groups is 1. The number of nitrogens with one attached hydrogen (secondary N) is 1. The van der Waals surface area contributed by atoms with Crippen molar-refractivity contribution < 1.29 is 4.79 Å². The van der Waals surface area contributed by atoms with E-state index in [1.54, 1.807) is 11.3 Å². The molecular weight excluding hydrogens is 222 g/mol. The lowest BCUT2D eigenvalue weighted by atomic mass is 10.2. The molecule has 0 bridgehead atoms. The minimum atomic E-state index is -0.304. The van der Waals surface area contributed by atoms with E-state index in [2.05, 4.69) is 17.2 Å². The molecule has 0 aliphatic carbocycles. The van der Waals surface area contributed by atoms with Crippen LogP contribution in [-0.4, -0.2) is 16.9 Å². The SMILES string of the molecule is CCc1cnc(C(C)NC(CC)C(N)=O)s1. The third kappa shape index (κ3) is 3.28. The molecule has 0 aliphatic heterocycles. The Kier molecular flexibility index (Phi) is 4.89. The molecule has 5 heteroatoms. The van der Waals surface area contributed by atoms with Crippen molar-refractivity contribution in [2.45, 2.75) is 45.7 Å². The highest BCUT2D eigenvalue weighted by Gasteiger charge is 2.18. The first-order valence-corrected chi connectivity index (χ1v) is 6.40. The summed E-state index contributed by atoms with van der Waals surface area (Å²) in [5.74, 6) is -0.304. The van der Waals surface area contributed by atoms with Gasteiger partial charge in [-0.25, -0.2) is 4.98 Å². The first-order valence-electron chi connectivity index (χ1n) is 5.58. The van der Waals surface area contributed by atoms with Crippen LogP contribution >= 0.6 is 11.3 Å². The van der Waals surface area contributed by atoms with Gasteiger partial charge in [0.05, 0.1) is 12.1 Å². The molecule has 4 nitrogen and oxygen atoms in total. The zero-order chi connectivity index (χ0) is 12.1. The lowest BCUT2D eigenvalue weighted by molar-refractivity contribution is -0.120. The van der Waals surface area contributed by atoms with Gasteiger partial charge in [-0.3, -0.25) is 10.1 Å². The second kappa shape index (κ2) is 5.96. The molecule has 90 valence electrons. The summed E-state index contributed by atoms with van der Waals surface area (Å²) in [4.78, 5) is 16.7. The van der Waals surface area contributed by atoms with E-state index in [1.807, 2.05) is 20.0 Å². The molecule has 1 aromatic rings. The van der Waals surface area contributed by atoms with E-state index in [1.165, 1.54) is 4.88 Å². The molecule has 1 amide bonds. The predicted octanol–water partition coefficient (Wildman–Crippen LogP) is 1.62. The van der Waals surface area contributed by atoms with Crippen molar-refractivity contribution in [1.82, 2.24) is 10.3 Å². The van der Waals surface area contributed by atoms with Crippen LogP contribution in [-0.2, 0) is 11.2 Å². The molecule has 2 unspecified atom stereocenters. The van der Waals surface area contributed by atoms with Crippen LogP contribution in [0.1, 0.15) is 43.1 Å². The molecule has 0 fully saturated rings. The van der Waals surface area contributed by atoms with Gasteiger partial charge in [0.25, 0.3) is 0 Å². The standard InChI is InChI=1S/C11H19N3OS/c1-4-8-6-13-11(16-8)7(3)14-9(5-2)10(12)15/h6-7,9,14H,4-5H2,1-3H3,(H2,12,15). The van der Waals surface area contributed by atoms with Crippen LogP contribution < -0.4 is 11.1 Å². The Labute approximate surface area is 100 Å². The van der Waals surface area contributed by atoms with Crippen molar-refractivity contribution in [3.05, 3.63) is 16.1 Å². The molecule has 0 spiro atoms. The van der Waals surface area contributed by atoms with Gasteiger partial charge >= 0.3 is 0 Å². The summed E-state index contributed by atoms with van der Waals surface area (Å²) in [7, 11) is 0. The van der Waals surface area contributed by atoms with Crippen LogP contribution in [0.15, 0.2) is 6.20 Å². The minimum Gasteiger partial charge on any atom is -0.368 e. The van der Waals surface area contributed by atoms with Gasteiger partial charge in [-0.05, 0) is 19.8 Å². The number of aryl methyl sites for hydroxylation is 1. The minimum absolute atomic E-state index is 0.0720. The fraction of sp³-hybridized carbons (Fsp3) is 0.636. The van der Waals surface area contributed by atoms with Crippen molar-refractivity contribution in [2.75, 3.05) is 0 Å². The van der Waals surface area contributed by atoms with Gasteiger partial charge in [0, 0.05) is 11.1 Å². The van der Waals surface area contributed by atoms with Crippen molar-refractivity contribution in [2.24, 2.45) is 5.73 Å². The topological polar surface area (TPSA) is 68.0 Å². The van der Waals surface area contributed by atoms with E-state index in [-0.39, 0.29) is 18.0 Å². The summed E-state index contributed by atoms with van der Waals surface area (Å²) in [5, 5.41) is 4.20. The Hall–Kier alpha value is -0.940. The Morgan fingerprint density at radius 2 is 2.31 bits per heavy atom. The Balaban J connectivity index is 2.63. The first kappa shape index (κ1) is 13.1. The van der Waals surface area contributed by atoms with E-state index in [4.69, 9.17) is 5.73 Å². The molecule has 1 rings (SSSR count). The maximum Gasteiger partial charge on any atom is 0.234 e. The van der Waals surface area contributed by atoms with E-state index < -0.39 is 0 Å². The number of nitrogens with two attached hydrogens (primary N) is 1. The Bertz CT molecular complexity index is 351. The van der Waals surface area contributed by atoms with Crippen LogP contribution in [0, 0.1) is 0 Å². The van der Waals surface area contributed by atoms with Gasteiger partial charge in [0.2, 0.25) is 5.91 Å². The van der Waals surface area contributed by atoms with Crippen molar-refractivity contribution in [3.63, 3.8) is 0 Å². The summed E-state index contributed by atoms with van der Waals surface area (Å²) in [6, 6.07) is -0.202. The molecular formula is C11H19N3OS. The molecule has 3 N–H and O–H groups in total. The van der Waals surface area contributed by atoms with Crippen molar-refractivity contribution in [3.8, 4) is 0 Å². The summed E-state index contributed by atoms with van der Waals surface area (Å²) in [5.41, 5.74) is 5.29. The fourth-order valence-electron chi connectivity index (χ4n) is 1.46. The maximum atomic E-state index is 11.1. The zero-order valence-electron chi connectivity index (χ0n) is 9.99. The zero-order valence-corrected chi connectivity index (χ0v) is 10.8. The van der Waals surface area contributed by atoms with Gasteiger partial charge in [-0.2, -0.15) is 0 Å². The van der Waals surface area contributed by atoms with Gasteiger partial charge < -0.3 is 5.73 Å². The van der Waals surface area contributed by atoms with E-state index in [0.29, 0.717) is 6.42 Å². The van der Waals surface area contributed by atoms with Gasteiger partial charge in [0.1, 0.15) is 5.01 Å². The average molecular weight is 241 g/mol. The predicted molar refractivity (Wildman–Crippen MR) is 66.3 cm³/mol. The van der Waals surface area contributed by atoms with Crippen LogP contribution in [0.25, 0.3) is 0 Å². The molecule has 0 aliphatic rings. The largest absolute Gasteiger partial charge is 0.368 e. The molecule has 0 radical (unpaired) electrons. The quantitative estimate of drug-likeness (QED) is 0.795. The number of amides is 1. The number of rotatable bonds is 6. The smallest absolute Gasteiger partial charge is 0.234 e. The number of hydrogen-bond donors (Lipinski definition) is 2. The van der Waals surface area contributed by atoms with E-state index in [9.17, 15) is 4.79 Å². The summed E-state index contributed by atoms with van der Waals surface area (Å²) < 4.78 is 0. The Morgan fingerprint density at radius 3 is 2.75 bits per heavy atom. The lowest BCUT2D eigenvalue weighted by Gasteiger charge is -2.17. The average Bonchev–Trinajstić information content (AvgIpc) is 2.73. The van der Waals surface area contributed by atoms with Crippen molar-refractivity contribution >= 4 is 17.2 Å². The molecule has 16 heavy (non-hydrogen) atoms. The van der Waals surface area contributed by atoms with Crippen LogP contribution in [0.3, 0.4) is 0 Å². The molecule has 2 atom stereocenters. The maximum absolute atomic E-state index is 11.1.